The van der Waals surface area contributed by atoms with Gasteiger partial charge in [0.2, 0.25) is 0 Å². The Hall–Kier alpha value is -1.67. The minimum Gasteiger partial charge on any atom is -0.360 e. The van der Waals surface area contributed by atoms with Gasteiger partial charge >= 0.3 is 5.69 Å². The van der Waals surface area contributed by atoms with Crippen molar-refractivity contribution < 1.29 is 4.74 Å². The van der Waals surface area contributed by atoms with Crippen molar-refractivity contribution in [1.82, 2.24) is 19.7 Å². The summed E-state index contributed by atoms with van der Waals surface area (Å²) in [6, 6.07) is 1.07. The highest BCUT2D eigenvalue weighted by molar-refractivity contribution is 6.76. The van der Waals surface area contributed by atoms with Gasteiger partial charge in [-0.3, -0.25) is 14.8 Å². The van der Waals surface area contributed by atoms with Crippen molar-refractivity contribution >= 4 is 19.1 Å². The van der Waals surface area contributed by atoms with Crippen LogP contribution in [0.2, 0.25) is 25.7 Å². The molecule has 0 atom stereocenters. The molecule has 0 aromatic carbocycles. The summed E-state index contributed by atoms with van der Waals surface area (Å²) in [5, 5.41) is 4.45. The second kappa shape index (κ2) is 5.14. The van der Waals surface area contributed by atoms with E-state index in [-0.39, 0.29) is 12.4 Å². The SMILES string of the molecule is C[Si](C)(C)CCOCn1cc2c(=O)[nH]c(=O)[nH]c2n1. The highest BCUT2D eigenvalue weighted by Gasteiger charge is 2.12. The molecule has 19 heavy (non-hydrogen) atoms. The van der Waals surface area contributed by atoms with Crippen LogP contribution >= 0.6 is 0 Å². The molecule has 2 aromatic heterocycles. The molecule has 0 aliphatic rings. The van der Waals surface area contributed by atoms with Crippen LogP contribution in [-0.4, -0.2) is 34.4 Å². The lowest BCUT2D eigenvalue weighted by Gasteiger charge is -2.15. The van der Waals surface area contributed by atoms with Gasteiger partial charge in [0.15, 0.2) is 5.65 Å². The second-order valence-electron chi connectivity index (χ2n) is 5.69. The zero-order chi connectivity index (χ0) is 14.0. The van der Waals surface area contributed by atoms with E-state index in [4.69, 9.17) is 4.74 Å². The fourth-order valence-electron chi connectivity index (χ4n) is 1.59. The van der Waals surface area contributed by atoms with Crippen LogP contribution in [0.25, 0.3) is 11.0 Å². The van der Waals surface area contributed by atoms with Gasteiger partial charge < -0.3 is 4.74 Å². The molecule has 2 heterocycles. The molecule has 0 bridgehead atoms. The van der Waals surface area contributed by atoms with Crippen molar-refractivity contribution in [3.05, 3.63) is 27.0 Å². The van der Waals surface area contributed by atoms with Crippen LogP contribution in [0, 0.1) is 0 Å². The molecule has 8 heteroatoms. The second-order valence-corrected chi connectivity index (χ2v) is 11.3. The van der Waals surface area contributed by atoms with E-state index in [0.29, 0.717) is 12.0 Å². The predicted molar refractivity (Wildman–Crippen MR) is 75.1 cm³/mol. The first-order chi connectivity index (χ1) is 8.85. The van der Waals surface area contributed by atoms with Gasteiger partial charge in [-0.25, -0.2) is 9.48 Å². The Morgan fingerprint density at radius 1 is 1.32 bits per heavy atom. The standard InChI is InChI=1S/C11H18N4O3Si/c1-19(2,3)5-4-18-7-15-6-8-9(14-15)12-11(17)13-10(8)16/h6H,4-5,7H2,1-3H3,(H2,12,13,14,16,17). The first kappa shape index (κ1) is 13.8. The third kappa shape index (κ3) is 3.64. The summed E-state index contributed by atoms with van der Waals surface area (Å²) in [6.45, 7) is 7.80. The number of aromatic nitrogens is 4. The lowest BCUT2D eigenvalue weighted by molar-refractivity contribution is 0.0790. The third-order valence-electron chi connectivity index (χ3n) is 2.69. The van der Waals surface area contributed by atoms with Crippen molar-refractivity contribution in [3.63, 3.8) is 0 Å². The predicted octanol–water partition coefficient (Wildman–Crippen LogP) is 0.725. The number of ether oxygens (including phenoxy) is 1. The molecular formula is C11H18N4O3Si. The van der Waals surface area contributed by atoms with Crippen LogP contribution in [0.1, 0.15) is 0 Å². The molecule has 2 aromatic rings. The molecule has 7 nitrogen and oxygen atoms in total. The number of nitrogens with zero attached hydrogens (tertiary/aromatic N) is 2. The van der Waals surface area contributed by atoms with E-state index < -0.39 is 19.3 Å². The Kier molecular flexibility index (Phi) is 3.72. The molecule has 0 spiro atoms. The van der Waals surface area contributed by atoms with Crippen molar-refractivity contribution in [2.24, 2.45) is 0 Å². The fourth-order valence-corrected chi connectivity index (χ4v) is 2.35. The summed E-state index contributed by atoms with van der Waals surface area (Å²) in [7, 11) is -1.10. The van der Waals surface area contributed by atoms with Crippen LogP contribution in [0.15, 0.2) is 15.8 Å². The number of hydrogen-bond acceptors (Lipinski definition) is 4. The zero-order valence-electron chi connectivity index (χ0n) is 11.3. The van der Waals surface area contributed by atoms with E-state index in [1.807, 2.05) is 0 Å². The summed E-state index contributed by atoms with van der Waals surface area (Å²) in [5.41, 5.74) is -0.711. The molecule has 0 radical (unpaired) electrons. The Morgan fingerprint density at radius 2 is 2.05 bits per heavy atom. The molecular weight excluding hydrogens is 264 g/mol. The highest BCUT2D eigenvalue weighted by Crippen LogP contribution is 2.08. The van der Waals surface area contributed by atoms with Gasteiger partial charge in [-0.2, -0.15) is 5.10 Å². The Balaban J connectivity index is 2.04. The average Bonchev–Trinajstić information content (AvgIpc) is 2.66. The van der Waals surface area contributed by atoms with Crippen LogP contribution in [0.4, 0.5) is 0 Å². The quantitative estimate of drug-likeness (QED) is 0.624. The largest absolute Gasteiger partial charge is 0.360 e. The first-order valence-electron chi connectivity index (χ1n) is 6.13. The summed E-state index contributed by atoms with van der Waals surface area (Å²) in [5.74, 6) is 0. The topological polar surface area (TPSA) is 92.8 Å². The summed E-state index contributed by atoms with van der Waals surface area (Å²) in [4.78, 5) is 27.2. The number of rotatable bonds is 5. The molecule has 0 fully saturated rings. The number of H-pyrrole nitrogens is 2. The lowest BCUT2D eigenvalue weighted by Crippen LogP contribution is -2.22. The Bertz CT molecular complexity index is 680. The van der Waals surface area contributed by atoms with E-state index in [0.717, 1.165) is 6.04 Å². The smallest absolute Gasteiger partial charge is 0.327 e. The minimum absolute atomic E-state index is 0.278. The van der Waals surface area contributed by atoms with E-state index in [2.05, 4.69) is 34.7 Å². The third-order valence-corrected chi connectivity index (χ3v) is 4.39. The van der Waals surface area contributed by atoms with E-state index in [9.17, 15) is 9.59 Å². The van der Waals surface area contributed by atoms with Crippen molar-refractivity contribution in [2.75, 3.05) is 6.61 Å². The van der Waals surface area contributed by atoms with Crippen molar-refractivity contribution in [3.8, 4) is 0 Å². The molecule has 0 amide bonds. The molecule has 0 saturated carbocycles. The van der Waals surface area contributed by atoms with Crippen LogP contribution in [-0.2, 0) is 11.5 Å². The van der Waals surface area contributed by atoms with E-state index >= 15 is 0 Å². The molecule has 0 unspecified atom stereocenters. The summed E-state index contributed by atoms with van der Waals surface area (Å²) in [6.07, 6.45) is 1.57. The van der Waals surface area contributed by atoms with Gasteiger partial charge in [-0.1, -0.05) is 19.6 Å². The van der Waals surface area contributed by atoms with Crippen LogP contribution in [0.5, 0.6) is 0 Å². The molecule has 0 aliphatic heterocycles. The van der Waals surface area contributed by atoms with Gasteiger partial charge in [0.05, 0.1) is 0 Å². The number of fused-ring (bicyclic) bond motifs is 1. The molecule has 0 saturated heterocycles. The van der Waals surface area contributed by atoms with Crippen LogP contribution in [0.3, 0.4) is 0 Å². The van der Waals surface area contributed by atoms with Gasteiger partial charge in [-0.05, 0) is 6.04 Å². The highest BCUT2D eigenvalue weighted by atomic mass is 28.3. The summed E-state index contributed by atoms with van der Waals surface area (Å²) >= 11 is 0. The molecule has 2 rings (SSSR count). The number of aromatic amines is 2. The number of nitrogens with one attached hydrogen (secondary N) is 2. The van der Waals surface area contributed by atoms with E-state index in [1.54, 1.807) is 6.20 Å². The number of hydrogen-bond donors (Lipinski definition) is 2. The van der Waals surface area contributed by atoms with Crippen molar-refractivity contribution in [2.45, 2.75) is 32.4 Å². The zero-order valence-corrected chi connectivity index (χ0v) is 12.3. The minimum atomic E-state index is -1.10. The molecule has 104 valence electrons. The lowest BCUT2D eigenvalue weighted by atomic mass is 10.4. The normalized spacial score (nSPS) is 12.2. The van der Waals surface area contributed by atoms with Gasteiger partial charge in [0.1, 0.15) is 12.1 Å². The fraction of sp³-hybridized carbons (Fsp3) is 0.545. The van der Waals surface area contributed by atoms with Gasteiger partial charge in [-0.15, -0.1) is 0 Å². The first-order valence-corrected chi connectivity index (χ1v) is 9.83. The molecule has 2 N–H and O–H groups in total. The average molecular weight is 282 g/mol. The molecule has 0 aliphatic carbocycles. The Morgan fingerprint density at radius 3 is 2.74 bits per heavy atom. The van der Waals surface area contributed by atoms with Crippen molar-refractivity contribution in [1.29, 1.82) is 0 Å². The monoisotopic (exact) mass is 282 g/mol. The Labute approximate surface area is 110 Å². The van der Waals surface area contributed by atoms with Gasteiger partial charge in [0, 0.05) is 20.9 Å². The van der Waals surface area contributed by atoms with Crippen LogP contribution < -0.4 is 11.2 Å². The maximum Gasteiger partial charge on any atom is 0.327 e. The van der Waals surface area contributed by atoms with E-state index in [1.165, 1.54) is 4.68 Å². The maximum absolute atomic E-state index is 11.5. The maximum atomic E-state index is 11.5. The summed E-state index contributed by atoms with van der Waals surface area (Å²) < 4.78 is 7.04. The van der Waals surface area contributed by atoms with Gasteiger partial charge in [0.25, 0.3) is 5.56 Å².